The number of thioether (sulfide) groups is 1. The molecule has 1 aromatic heterocycles. The van der Waals surface area contributed by atoms with Crippen molar-refractivity contribution in [2.75, 3.05) is 5.32 Å². The Balaban J connectivity index is 1.51. The number of benzene rings is 3. The smallest absolute Gasteiger partial charge is 0.416 e. The first-order valence-electron chi connectivity index (χ1n) is 14.4. The average molecular weight is 667 g/mol. The van der Waals surface area contributed by atoms with Gasteiger partial charge in [-0.15, -0.1) is 11.8 Å². The molecule has 0 aliphatic heterocycles. The maximum absolute atomic E-state index is 14.4. The monoisotopic (exact) mass is 666 g/mol. The van der Waals surface area contributed by atoms with Gasteiger partial charge in [-0.3, -0.25) is 14.6 Å². The van der Waals surface area contributed by atoms with Gasteiger partial charge in [-0.2, -0.15) is 13.2 Å². The molecule has 1 atom stereocenters. The number of carboxylic acids is 1. The Labute approximate surface area is 273 Å². The summed E-state index contributed by atoms with van der Waals surface area (Å²) in [4.78, 5) is 42.4. The normalized spacial score (nSPS) is 13.0. The van der Waals surface area contributed by atoms with E-state index < -0.39 is 45.5 Å². The third kappa shape index (κ3) is 8.56. The number of nitrogens with one attached hydrogen (secondary N) is 2. The van der Waals surface area contributed by atoms with E-state index in [1.54, 1.807) is 31.2 Å². The number of aliphatic carboxylic acids is 1. The van der Waals surface area contributed by atoms with Crippen LogP contribution < -0.4 is 15.7 Å². The summed E-state index contributed by atoms with van der Waals surface area (Å²) in [7, 11) is 0. The topological polar surface area (TPSA) is 111 Å². The number of hydrogen-bond donors (Lipinski definition) is 2. The van der Waals surface area contributed by atoms with E-state index in [0.717, 1.165) is 24.3 Å². The summed E-state index contributed by atoms with van der Waals surface area (Å²) in [5.74, 6) is -2.61. The first-order valence-corrected chi connectivity index (χ1v) is 15.4. The minimum atomic E-state index is -4.52. The fraction of sp³-hybridized carbons (Fsp3) is 0.257. The van der Waals surface area contributed by atoms with Crippen molar-refractivity contribution in [3.8, 4) is 11.3 Å². The average Bonchev–Trinajstić information content (AvgIpc) is 3.02. The first kappa shape index (κ1) is 35.1. The molecule has 4 aromatic rings. The summed E-state index contributed by atoms with van der Waals surface area (Å²) >= 11 is 1.20. The first-order chi connectivity index (χ1) is 22.0. The lowest BCUT2D eigenvalue weighted by Crippen LogP contribution is -2.52. The van der Waals surface area contributed by atoms with Crippen LogP contribution in [0.3, 0.4) is 0 Å². The van der Waals surface area contributed by atoms with Crippen LogP contribution >= 0.6 is 11.8 Å². The van der Waals surface area contributed by atoms with Crippen LogP contribution in [-0.2, 0) is 23.3 Å². The maximum atomic E-state index is 14.4. The molecule has 4 rings (SSSR count). The summed E-state index contributed by atoms with van der Waals surface area (Å²) < 4.78 is 52.4. The molecule has 0 spiro atoms. The summed E-state index contributed by atoms with van der Waals surface area (Å²) in [6.45, 7) is 6.90. The van der Waals surface area contributed by atoms with E-state index in [9.17, 15) is 37.1 Å². The highest BCUT2D eigenvalue weighted by molar-refractivity contribution is 8.00. The molecule has 7 nitrogen and oxygen atoms in total. The van der Waals surface area contributed by atoms with Crippen LogP contribution in [0.1, 0.15) is 65.1 Å². The van der Waals surface area contributed by atoms with Crippen LogP contribution in [0, 0.1) is 11.2 Å². The van der Waals surface area contributed by atoms with Crippen molar-refractivity contribution in [2.24, 2.45) is 5.41 Å². The number of hydrogen-bond acceptors (Lipinski definition) is 6. The molecular formula is C35H32F4N3O4S-. The third-order valence-electron chi connectivity index (χ3n) is 7.77. The van der Waals surface area contributed by atoms with Crippen LogP contribution in [0.4, 0.5) is 23.2 Å². The Morgan fingerprint density at radius 2 is 1.51 bits per heavy atom. The molecule has 47 heavy (non-hydrogen) atoms. The fourth-order valence-corrected chi connectivity index (χ4v) is 5.69. The fourth-order valence-electron chi connectivity index (χ4n) is 4.50. The van der Waals surface area contributed by atoms with Gasteiger partial charge >= 0.3 is 6.18 Å². The molecule has 1 unspecified atom stereocenters. The predicted octanol–water partition coefficient (Wildman–Crippen LogP) is 6.88. The number of nitrogens with zero attached hydrogens (tertiary/aromatic N) is 1. The highest BCUT2D eigenvalue weighted by atomic mass is 32.2. The highest BCUT2D eigenvalue weighted by Crippen LogP contribution is 2.43. The number of carboxylic acid groups (broad SMARTS) is 1. The zero-order valence-corrected chi connectivity index (χ0v) is 26.8. The van der Waals surface area contributed by atoms with E-state index in [0.29, 0.717) is 11.3 Å². The van der Waals surface area contributed by atoms with Crippen LogP contribution in [0.15, 0.2) is 85.1 Å². The lowest BCUT2D eigenvalue weighted by molar-refractivity contribution is -0.311. The van der Waals surface area contributed by atoms with E-state index in [-0.39, 0.29) is 40.2 Å². The largest absolute Gasteiger partial charge is 0.549 e. The van der Waals surface area contributed by atoms with Crippen molar-refractivity contribution >= 4 is 35.2 Å². The van der Waals surface area contributed by atoms with E-state index >= 15 is 0 Å². The Bertz CT molecular complexity index is 1810. The molecule has 0 radical (unpaired) electrons. The summed E-state index contributed by atoms with van der Waals surface area (Å²) in [6.07, 6.45) is -3.20. The van der Waals surface area contributed by atoms with Gasteiger partial charge in [0.2, 0.25) is 0 Å². The Hall–Kier alpha value is -4.71. The van der Waals surface area contributed by atoms with Gasteiger partial charge in [-0.1, -0.05) is 45.0 Å². The third-order valence-corrected chi connectivity index (χ3v) is 9.61. The van der Waals surface area contributed by atoms with Crippen molar-refractivity contribution in [1.82, 2.24) is 10.3 Å². The number of carbonyl (C=O) groups is 3. The number of halogens is 4. The molecule has 0 bridgehead atoms. The van der Waals surface area contributed by atoms with Crippen molar-refractivity contribution in [2.45, 2.75) is 50.9 Å². The molecule has 2 amide bonds. The maximum Gasteiger partial charge on any atom is 0.416 e. The van der Waals surface area contributed by atoms with Crippen molar-refractivity contribution in [1.29, 1.82) is 0 Å². The summed E-state index contributed by atoms with van der Waals surface area (Å²) in [5, 5.41) is 17.3. The van der Waals surface area contributed by atoms with Gasteiger partial charge in [0.1, 0.15) is 5.82 Å². The number of carbonyl (C=O) groups excluding carboxylic acids is 3. The predicted molar refractivity (Wildman–Crippen MR) is 171 cm³/mol. The molecule has 0 aliphatic rings. The van der Waals surface area contributed by atoms with Gasteiger partial charge in [0.25, 0.3) is 11.8 Å². The molecule has 12 heteroatoms. The molecule has 0 aliphatic carbocycles. The number of pyridine rings is 1. The minimum absolute atomic E-state index is 0.118. The van der Waals surface area contributed by atoms with E-state index in [4.69, 9.17) is 0 Å². The van der Waals surface area contributed by atoms with Gasteiger partial charge in [0.05, 0.1) is 27.7 Å². The van der Waals surface area contributed by atoms with E-state index in [1.807, 2.05) is 20.8 Å². The van der Waals surface area contributed by atoms with Crippen molar-refractivity contribution < 1.29 is 37.1 Å². The lowest BCUT2D eigenvalue weighted by Gasteiger charge is -2.42. The second-order valence-electron chi connectivity index (χ2n) is 12.0. The van der Waals surface area contributed by atoms with Crippen LogP contribution in [0.2, 0.25) is 0 Å². The zero-order valence-electron chi connectivity index (χ0n) is 26.0. The molecular weight excluding hydrogens is 634 g/mol. The quantitative estimate of drug-likeness (QED) is 0.179. The van der Waals surface area contributed by atoms with Gasteiger partial charge in [0, 0.05) is 35.2 Å². The minimum Gasteiger partial charge on any atom is -0.549 e. The Morgan fingerprint density at radius 1 is 0.830 bits per heavy atom. The summed E-state index contributed by atoms with van der Waals surface area (Å²) in [5.41, 5.74) is 0.495. The second kappa shape index (κ2) is 14.0. The molecule has 2 N–H and O–H groups in total. The van der Waals surface area contributed by atoms with Crippen LogP contribution in [-0.4, -0.2) is 27.5 Å². The van der Waals surface area contributed by atoms with Gasteiger partial charge in [-0.25, -0.2) is 4.39 Å². The number of aromatic nitrogens is 1. The number of amides is 2. The standard InChI is InChI=1S/C35H33F4N3O4S/c1-33(2,3)34(4,32(45)46)47-20-22-8-5-9-23(15-22)31(44)42-28-12-11-26(36)18-27(28)29-17-24(13-14-40-29)30(43)41-19-21-7-6-10-25(16-21)35(37,38)39/h5-18H,19-20H2,1-4H3,(H,41,43)(H,42,44)(H,45,46)/p-1. The number of alkyl halides is 3. The summed E-state index contributed by atoms with van der Waals surface area (Å²) in [6, 6.07) is 17.7. The molecule has 0 fully saturated rings. The van der Waals surface area contributed by atoms with Gasteiger partial charge in [0.15, 0.2) is 0 Å². The molecule has 246 valence electrons. The van der Waals surface area contributed by atoms with Crippen LogP contribution in [0.5, 0.6) is 0 Å². The SMILES string of the molecule is CC(C)(C)C(C)(SCc1cccc(C(=O)Nc2ccc(F)cc2-c2cc(C(=O)NCc3cccc(C(F)(F)F)c3)ccn2)c1)C(=O)[O-]. The lowest BCUT2D eigenvalue weighted by atomic mass is 9.81. The van der Waals surface area contributed by atoms with Crippen molar-refractivity contribution in [3.63, 3.8) is 0 Å². The van der Waals surface area contributed by atoms with Gasteiger partial charge in [-0.05, 0) is 78.1 Å². The van der Waals surface area contributed by atoms with E-state index in [2.05, 4.69) is 15.6 Å². The molecule has 0 saturated heterocycles. The van der Waals surface area contributed by atoms with Gasteiger partial charge < -0.3 is 20.5 Å². The van der Waals surface area contributed by atoms with Crippen LogP contribution in [0.25, 0.3) is 11.3 Å². The van der Waals surface area contributed by atoms with Crippen molar-refractivity contribution in [3.05, 3.63) is 119 Å². The molecule has 0 saturated carbocycles. The second-order valence-corrected chi connectivity index (χ2v) is 13.4. The number of anilines is 1. The molecule has 3 aromatic carbocycles. The molecule has 1 heterocycles. The zero-order chi connectivity index (χ0) is 34.6. The highest BCUT2D eigenvalue weighted by Gasteiger charge is 2.39. The Morgan fingerprint density at radius 3 is 2.19 bits per heavy atom. The Kier molecular flexibility index (Phi) is 10.4. The van der Waals surface area contributed by atoms with E-state index in [1.165, 1.54) is 48.3 Å². The number of rotatable bonds is 10.